The molecule has 0 radical (unpaired) electrons. The van der Waals surface area contributed by atoms with E-state index < -0.39 is 0 Å². The van der Waals surface area contributed by atoms with Crippen molar-refractivity contribution >= 4 is 65.1 Å². The van der Waals surface area contributed by atoms with E-state index in [4.69, 9.17) is 15.1 Å². The molecule has 232 valence electrons. The first-order chi connectivity index (χ1) is 24.1. The van der Waals surface area contributed by atoms with Gasteiger partial charge in [-0.1, -0.05) is 127 Å². The molecular weight excluding hydrogens is 619 g/mol. The minimum Gasteiger partial charge on any atom is -0.455 e. The summed E-state index contributed by atoms with van der Waals surface area (Å²) in [6, 6.07) is 54.0. The molecule has 0 aliphatic carbocycles. The third kappa shape index (κ3) is 4.91. The van der Waals surface area contributed by atoms with Crippen LogP contribution in [0.15, 0.2) is 167 Å². The summed E-state index contributed by atoms with van der Waals surface area (Å²) in [5.41, 5.74) is 16.4. The molecule has 5 heteroatoms. The van der Waals surface area contributed by atoms with Gasteiger partial charge >= 0.3 is 0 Å². The van der Waals surface area contributed by atoms with Gasteiger partial charge in [-0.2, -0.15) is 0 Å². The largest absolute Gasteiger partial charge is 0.455 e. The highest BCUT2D eigenvalue weighted by atomic mass is 32.1. The minimum atomic E-state index is 0.0984. The van der Waals surface area contributed by atoms with Crippen molar-refractivity contribution in [2.75, 3.05) is 0 Å². The average Bonchev–Trinajstić information content (AvgIpc) is 3.74. The maximum absolute atomic E-state index is 9.44. The number of hydrogen-bond donors (Lipinski definition) is 2. The zero-order valence-electron chi connectivity index (χ0n) is 26.4. The standard InChI is InChI=1S/C44H29N3OS/c45-43(47-44(46)35-21-12-20-33-32-19-10-11-22-38(32)48-40(33)35)34-24-23-31(28-15-6-2-7-16-28)42-39(34)37-26-30(27-13-4-1-5-14-27)25-36(41(37)49-42)29-17-8-3-9-18-29/h1-26H,(H3,45,46,47). The Labute approximate surface area is 286 Å². The van der Waals surface area contributed by atoms with Gasteiger partial charge in [0.1, 0.15) is 17.0 Å². The fourth-order valence-corrected chi connectivity index (χ4v) is 8.22. The lowest BCUT2D eigenvalue weighted by Gasteiger charge is -2.11. The van der Waals surface area contributed by atoms with E-state index in [2.05, 4.69) is 91.0 Å². The Hall–Kier alpha value is -6.30. The van der Waals surface area contributed by atoms with Gasteiger partial charge in [0, 0.05) is 42.1 Å². The summed E-state index contributed by atoms with van der Waals surface area (Å²) in [5, 5.41) is 13.5. The van der Waals surface area contributed by atoms with E-state index in [1.807, 2.05) is 66.7 Å². The zero-order chi connectivity index (χ0) is 32.9. The maximum atomic E-state index is 9.44. The Kier molecular flexibility index (Phi) is 6.92. The van der Waals surface area contributed by atoms with Crippen LogP contribution in [0.2, 0.25) is 0 Å². The number of hydrogen-bond acceptors (Lipinski definition) is 3. The van der Waals surface area contributed by atoms with Gasteiger partial charge < -0.3 is 10.2 Å². The average molecular weight is 648 g/mol. The van der Waals surface area contributed by atoms with Crippen molar-refractivity contribution in [1.82, 2.24) is 0 Å². The zero-order valence-corrected chi connectivity index (χ0v) is 27.2. The Morgan fingerprint density at radius 1 is 0.531 bits per heavy atom. The lowest BCUT2D eigenvalue weighted by molar-refractivity contribution is 0.668. The first-order valence-corrected chi connectivity index (χ1v) is 17.0. The second-order valence-corrected chi connectivity index (χ2v) is 13.1. The van der Waals surface area contributed by atoms with Crippen LogP contribution in [0.3, 0.4) is 0 Å². The van der Waals surface area contributed by atoms with E-state index in [0.717, 1.165) is 70.8 Å². The van der Waals surface area contributed by atoms with Gasteiger partial charge in [0.05, 0.1) is 5.56 Å². The number of amidine groups is 2. The van der Waals surface area contributed by atoms with Crippen LogP contribution >= 0.6 is 11.3 Å². The van der Waals surface area contributed by atoms with Crippen LogP contribution in [0, 0.1) is 5.41 Å². The van der Waals surface area contributed by atoms with E-state index in [1.165, 1.54) is 4.70 Å². The van der Waals surface area contributed by atoms with E-state index in [0.29, 0.717) is 11.1 Å². The molecule has 0 atom stereocenters. The number of thiophene rings is 1. The molecule has 2 heterocycles. The molecule has 4 nitrogen and oxygen atoms in total. The molecule has 0 aliphatic heterocycles. The van der Waals surface area contributed by atoms with Crippen molar-refractivity contribution in [3.63, 3.8) is 0 Å². The number of benzene rings is 7. The van der Waals surface area contributed by atoms with Crippen LogP contribution in [-0.2, 0) is 0 Å². The summed E-state index contributed by atoms with van der Waals surface area (Å²) in [7, 11) is 0. The quantitative estimate of drug-likeness (QED) is 0.144. The number of aliphatic imine (C=N–C) groups is 1. The molecule has 0 saturated carbocycles. The minimum absolute atomic E-state index is 0.0984. The van der Waals surface area contributed by atoms with Crippen LogP contribution in [0.4, 0.5) is 0 Å². The van der Waals surface area contributed by atoms with Crippen molar-refractivity contribution in [2.24, 2.45) is 10.7 Å². The molecule has 0 spiro atoms. The second kappa shape index (κ2) is 11.7. The highest BCUT2D eigenvalue weighted by Gasteiger charge is 2.21. The summed E-state index contributed by atoms with van der Waals surface area (Å²) in [6.45, 7) is 0. The van der Waals surface area contributed by atoms with E-state index >= 15 is 0 Å². The smallest absolute Gasteiger partial charge is 0.154 e. The first-order valence-electron chi connectivity index (χ1n) is 16.2. The van der Waals surface area contributed by atoms with Crippen LogP contribution < -0.4 is 5.73 Å². The molecule has 9 rings (SSSR count). The maximum Gasteiger partial charge on any atom is 0.154 e. The van der Waals surface area contributed by atoms with Crippen LogP contribution in [0.25, 0.3) is 75.5 Å². The fourth-order valence-electron chi connectivity index (χ4n) is 6.84. The lowest BCUT2D eigenvalue weighted by atomic mass is 9.93. The number of fused-ring (bicyclic) bond motifs is 6. The van der Waals surface area contributed by atoms with Gasteiger partial charge in [-0.15, -0.1) is 11.3 Å². The lowest BCUT2D eigenvalue weighted by Crippen LogP contribution is -2.16. The number of nitrogens with two attached hydrogens (primary N) is 1. The van der Waals surface area contributed by atoms with Gasteiger partial charge in [-0.05, 0) is 58.1 Å². The van der Waals surface area contributed by atoms with Gasteiger partial charge in [0.25, 0.3) is 0 Å². The highest BCUT2D eigenvalue weighted by Crippen LogP contribution is 2.47. The normalized spacial score (nSPS) is 12.0. The Bertz CT molecular complexity index is 2730. The second-order valence-electron chi connectivity index (χ2n) is 12.1. The number of nitrogens with zero attached hydrogens (tertiary/aromatic N) is 1. The van der Waals surface area contributed by atoms with Gasteiger partial charge in [0.2, 0.25) is 0 Å². The molecule has 9 aromatic rings. The van der Waals surface area contributed by atoms with E-state index in [1.54, 1.807) is 11.3 Å². The molecular formula is C44H29N3OS. The van der Waals surface area contributed by atoms with E-state index in [9.17, 15) is 5.41 Å². The van der Waals surface area contributed by atoms with Gasteiger partial charge in [0.15, 0.2) is 5.84 Å². The van der Waals surface area contributed by atoms with Crippen molar-refractivity contribution in [2.45, 2.75) is 0 Å². The van der Waals surface area contributed by atoms with E-state index in [-0.39, 0.29) is 11.7 Å². The Balaban J connectivity index is 1.30. The predicted octanol–water partition coefficient (Wildman–Crippen LogP) is 11.7. The molecule has 0 unspecified atom stereocenters. The van der Waals surface area contributed by atoms with Crippen LogP contribution in [-0.4, -0.2) is 11.7 Å². The molecule has 0 bridgehead atoms. The molecule has 3 N–H and O–H groups in total. The van der Waals surface area contributed by atoms with Gasteiger partial charge in [-0.3, -0.25) is 5.41 Å². The monoisotopic (exact) mass is 647 g/mol. The van der Waals surface area contributed by atoms with Crippen molar-refractivity contribution < 1.29 is 4.42 Å². The summed E-state index contributed by atoms with van der Waals surface area (Å²) in [6.07, 6.45) is 0. The summed E-state index contributed by atoms with van der Waals surface area (Å²) >= 11 is 1.77. The summed E-state index contributed by atoms with van der Waals surface area (Å²) in [4.78, 5) is 4.76. The Morgan fingerprint density at radius 2 is 1.16 bits per heavy atom. The highest BCUT2D eigenvalue weighted by molar-refractivity contribution is 7.27. The van der Waals surface area contributed by atoms with Crippen LogP contribution in [0.5, 0.6) is 0 Å². The molecule has 2 aromatic heterocycles. The third-order valence-corrected chi connectivity index (χ3v) is 10.4. The summed E-state index contributed by atoms with van der Waals surface area (Å²) in [5.74, 6) is 0.339. The van der Waals surface area contributed by atoms with Crippen molar-refractivity contribution in [1.29, 1.82) is 5.41 Å². The fraction of sp³-hybridized carbons (Fsp3) is 0. The SMILES string of the molecule is N=C(N=C(N)c1cccc2c1oc1ccccc12)c1ccc(-c2ccccc2)c2sc3c(-c4ccccc4)cc(-c4ccccc4)cc3c12. The van der Waals surface area contributed by atoms with Crippen LogP contribution in [0.1, 0.15) is 11.1 Å². The topological polar surface area (TPSA) is 75.4 Å². The number of furan rings is 1. The summed E-state index contributed by atoms with van der Waals surface area (Å²) < 4.78 is 8.53. The van der Waals surface area contributed by atoms with Gasteiger partial charge in [-0.25, -0.2) is 4.99 Å². The van der Waals surface area contributed by atoms with Crippen molar-refractivity contribution in [3.8, 4) is 33.4 Å². The number of para-hydroxylation sites is 2. The first kappa shape index (κ1) is 28.9. The third-order valence-electron chi connectivity index (χ3n) is 9.16. The molecule has 0 fully saturated rings. The van der Waals surface area contributed by atoms with Crippen molar-refractivity contribution in [3.05, 3.63) is 169 Å². The molecule has 7 aromatic carbocycles. The molecule has 49 heavy (non-hydrogen) atoms. The number of nitrogens with one attached hydrogen (secondary N) is 1. The molecule has 0 saturated heterocycles. The molecule has 0 aliphatic rings. The molecule has 0 amide bonds. The number of rotatable bonds is 5. The predicted molar refractivity (Wildman–Crippen MR) is 207 cm³/mol. The Morgan fingerprint density at radius 3 is 1.90 bits per heavy atom.